The van der Waals surface area contributed by atoms with Crippen molar-refractivity contribution in [1.29, 1.82) is 0 Å². The smallest absolute Gasteiger partial charge is 0.309 e. The van der Waals surface area contributed by atoms with E-state index in [2.05, 4.69) is 13.0 Å². The van der Waals surface area contributed by atoms with Gasteiger partial charge in [0.25, 0.3) is 0 Å². The summed E-state index contributed by atoms with van der Waals surface area (Å²) >= 11 is 0. The van der Waals surface area contributed by atoms with Gasteiger partial charge in [0.15, 0.2) is 0 Å². The number of carbonyl (C=O) groups is 2. The van der Waals surface area contributed by atoms with Gasteiger partial charge in [0.1, 0.15) is 18.3 Å². The van der Waals surface area contributed by atoms with Gasteiger partial charge in [-0.3, -0.25) is 9.59 Å². The fourth-order valence-corrected chi connectivity index (χ4v) is 4.82. The maximum Gasteiger partial charge on any atom is 0.309 e. The van der Waals surface area contributed by atoms with Gasteiger partial charge in [-0.15, -0.1) is 0 Å². The molecule has 8 nitrogen and oxygen atoms in total. The number of epoxide rings is 1. The van der Waals surface area contributed by atoms with Gasteiger partial charge in [-0.1, -0.05) is 58.1 Å². The summed E-state index contributed by atoms with van der Waals surface area (Å²) in [5, 5.41) is 30.9. The third-order valence-corrected chi connectivity index (χ3v) is 7.25. The first-order valence-corrected chi connectivity index (χ1v) is 13.5. The topological polar surface area (TPSA) is 126 Å². The molecule has 2 heterocycles. The molecule has 3 N–H and O–H groups in total. The number of rotatable bonds is 9. The summed E-state index contributed by atoms with van der Waals surface area (Å²) in [6.45, 7) is 11.1. The van der Waals surface area contributed by atoms with Crippen LogP contribution in [0.5, 0.6) is 0 Å². The van der Waals surface area contributed by atoms with E-state index >= 15 is 0 Å². The van der Waals surface area contributed by atoms with Crippen LogP contribution in [-0.4, -0.2) is 70.0 Å². The molecule has 0 bridgehead atoms. The van der Waals surface area contributed by atoms with E-state index in [4.69, 9.17) is 14.2 Å². The zero-order chi connectivity index (χ0) is 27.7. The van der Waals surface area contributed by atoms with E-state index in [9.17, 15) is 24.9 Å². The molecule has 0 aliphatic carbocycles. The van der Waals surface area contributed by atoms with E-state index in [1.54, 1.807) is 12.2 Å². The zero-order valence-electron chi connectivity index (χ0n) is 23.1. The van der Waals surface area contributed by atoms with Crippen LogP contribution in [0.25, 0.3) is 0 Å². The van der Waals surface area contributed by atoms with Gasteiger partial charge in [-0.25, -0.2) is 0 Å². The number of aliphatic hydroxyl groups excluding tert-OH is 3. The maximum atomic E-state index is 12.5. The predicted molar refractivity (Wildman–Crippen MR) is 140 cm³/mol. The summed E-state index contributed by atoms with van der Waals surface area (Å²) < 4.78 is 16.8. The van der Waals surface area contributed by atoms with Crippen molar-refractivity contribution in [2.75, 3.05) is 0 Å². The second kappa shape index (κ2) is 14.8. The van der Waals surface area contributed by atoms with Crippen molar-refractivity contribution < 1.29 is 39.1 Å². The SMILES string of the molecule is CCC(O)C(C)C1OC1CC(C)/C=C/C=C(\C)C1OC(=O)CC(O)CCC(OC(C)=O)C(O)/C=C/C1C. The highest BCUT2D eigenvalue weighted by molar-refractivity contribution is 5.70. The van der Waals surface area contributed by atoms with Crippen LogP contribution in [0.15, 0.2) is 36.0 Å². The fourth-order valence-electron chi connectivity index (χ4n) is 4.82. The molecule has 0 aromatic carbocycles. The average Bonchev–Trinajstić information content (AvgIpc) is 3.60. The maximum absolute atomic E-state index is 12.5. The Morgan fingerprint density at radius 2 is 1.92 bits per heavy atom. The van der Waals surface area contributed by atoms with Crippen molar-refractivity contribution in [1.82, 2.24) is 0 Å². The summed E-state index contributed by atoms with van der Waals surface area (Å²) in [7, 11) is 0. The zero-order valence-corrected chi connectivity index (χ0v) is 23.1. The van der Waals surface area contributed by atoms with Crippen LogP contribution >= 0.6 is 0 Å². The van der Waals surface area contributed by atoms with Crippen molar-refractivity contribution in [3.8, 4) is 0 Å². The molecule has 0 spiro atoms. The van der Waals surface area contributed by atoms with E-state index in [-0.39, 0.29) is 55.3 Å². The van der Waals surface area contributed by atoms with Crippen molar-refractivity contribution >= 4 is 11.9 Å². The van der Waals surface area contributed by atoms with Crippen LogP contribution in [0.2, 0.25) is 0 Å². The molecule has 0 radical (unpaired) electrons. The molecule has 2 aliphatic heterocycles. The molecule has 0 amide bonds. The molecule has 0 saturated carbocycles. The highest BCUT2D eigenvalue weighted by Gasteiger charge is 2.44. The van der Waals surface area contributed by atoms with Gasteiger partial charge in [0.05, 0.1) is 30.8 Å². The van der Waals surface area contributed by atoms with Crippen molar-refractivity contribution in [3.05, 3.63) is 36.0 Å². The summed E-state index contributed by atoms with van der Waals surface area (Å²) in [5.41, 5.74) is 0.826. The van der Waals surface area contributed by atoms with Crippen LogP contribution in [0, 0.1) is 17.8 Å². The number of hydrogen-bond donors (Lipinski definition) is 3. The first-order chi connectivity index (χ1) is 17.4. The lowest BCUT2D eigenvalue weighted by Crippen LogP contribution is -2.33. The molecule has 0 aromatic rings. The van der Waals surface area contributed by atoms with Gasteiger partial charge in [0, 0.05) is 18.8 Å². The molecule has 2 rings (SSSR count). The number of allylic oxidation sites excluding steroid dienone is 3. The Morgan fingerprint density at radius 3 is 2.57 bits per heavy atom. The first-order valence-electron chi connectivity index (χ1n) is 13.5. The van der Waals surface area contributed by atoms with Gasteiger partial charge >= 0.3 is 11.9 Å². The standard InChI is InChI=1S/C29H46O8/c1-7-23(32)20(5)29-26(36-29)15-17(2)9-8-10-18(3)28-19(4)11-13-24(33)25(35-21(6)30)14-12-22(31)16-27(34)37-28/h8-11,13,17,19-20,22-26,28-29,31-33H,7,12,14-16H2,1-6H3/b9-8+,13-11+,18-10+. The lowest BCUT2D eigenvalue weighted by atomic mass is 9.93. The second-order valence-corrected chi connectivity index (χ2v) is 10.7. The number of ether oxygens (including phenoxy) is 3. The minimum absolute atomic E-state index is 0.109. The lowest BCUT2D eigenvalue weighted by molar-refractivity contribution is -0.154. The Bertz CT molecular complexity index is 834. The average molecular weight is 523 g/mol. The van der Waals surface area contributed by atoms with Crippen LogP contribution in [0.1, 0.15) is 73.6 Å². The van der Waals surface area contributed by atoms with E-state index in [0.717, 1.165) is 18.4 Å². The Balaban J connectivity index is 2.06. The van der Waals surface area contributed by atoms with Gasteiger partial charge < -0.3 is 29.5 Å². The van der Waals surface area contributed by atoms with Crippen molar-refractivity contribution in [3.63, 3.8) is 0 Å². The largest absolute Gasteiger partial charge is 0.459 e. The first kappa shape index (κ1) is 31.2. The summed E-state index contributed by atoms with van der Waals surface area (Å²) in [6, 6.07) is 0. The molecule has 8 heteroatoms. The molecule has 0 aromatic heterocycles. The van der Waals surface area contributed by atoms with Gasteiger partial charge in [-0.05, 0) is 44.1 Å². The Kier molecular flexibility index (Phi) is 12.5. The molecule has 10 atom stereocenters. The number of esters is 2. The molecule has 37 heavy (non-hydrogen) atoms. The summed E-state index contributed by atoms with van der Waals surface area (Å²) in [5.74, 6) is -0.888. The van der Waals surface area contributed by atoms with E-state index in [0.29, 0.717) is 0 Å². The number of cyclic esters (lactones) is 1. The molecular weight excluding hydrogens is 476 g/mol. The van der Waals surface area contributed by atoms with Gasteiger partial charge in [0.2, 0.25) is 0 Å². The van der Waals surface area contributed by atoms with Crippen molar-refractivity contribution in [2.24, 2.45) is 17.8 Å². The van der Waals surface area contributed by atoms with Crippen LogP contribution in [0.3, 0.4) is 0 Å². The monoisotopic (exact) mass is 522 g/mol. The van der Waals surface area contributed by atoms with Gasteiger partial charge in [-0.2, -0.15) is 0 Å². The molecule has 2 aliphatic rings. The summed E-state index contributed by atoms with van der Waals surface area (Å²) in [4.78, 5) is 24.0. The van der Waals surface area contributed by atoms with E-state index in [1.807, 2.05) is 39.8 Å². The van der Waals surface area contributed by atoms with E-state index in [1.165, 1.54) is 6.92 Å². The Hall–Kier alpha value is -2.00. The number of aliphatic hydroxyl groups is 3. The minimum atomic E-state index is -1.03. The second-order valence-electron chi connectivity index (χ2n) is 10.7. The highest BCUT2D eigenvalue weighted by Crippen LogP contribution is 2.36. The van der Waals surface area contributed by atoms with Crippen molar-refractivity contribution in [2.45, 2.75) is 116 Å². The molecule has 1 fully saturated rings. The molecular formula is C29H46O8. The lowest BCUT2D eigenvalue weighted by Gasteiger charge is -2.26. The summed E-state index contributed by atoms with van der Waals surface area (Å²) in [6.07, 6.45) is 7.63. The Morgan fingerprint density at radius 1 is 1.22 bits per heavy atom. The predicted octanol–water partition coefficient (Wildman–Crippen LogP) is 3.63. The fraction of sp³-hybridized carbons (Fsp3) is 0.724. The molecule has 10 unspecified atom stereocenters. The van der Waals surface area contributed by atoms with E-state index < -0.39 is 36.4 Å². The molecule has 1 saturated heterocycles. The van der Waals surface area contributed by atoms with Crippen LogP contribution in [-0.2, 0) is 23.8 Å². The van der Waals surface area contributed by atoms with Crippen LogP contribution in [0.4, 0.5) is 0 Å². The Labute approximate surface area is 221 Å². The van der Waals surface area contributed by atoms with Crippen LogP contribution < -0.4 is 0 Å². The third-order valence-electron chi connectivity index (χ3n) is 7.25. The number of carbonyl (C=O) groups excluding carboxylic acids is 2. The highest BCUT2D eigenvalue weighted by atomic mass is 16.6. The normalized spacial score (nSPS) is 35.0. The molecule has 210 valence electrons. The quantitative estimate of drug-likeness (QED) is 0.181. The minimum Gasteiger partial charge on any atom is -0.459 e. The number of hydrogen-bond acceptors (Lipinski definition) is 8. The third kappa shape index (κ3) is 10.3.